The Kier molecular flexibility index (Phi) is 4.92. The number of hydrazine groups is 1. The number of anilines is 1. The number of pyridine rings is 1. The Morgan fingerprint density at radius 1 is 0.935 bits per heavy atom. The molecule has 1 amide bonds. The molecule has 1 aliphatic heterocycles. The van der Waals surface area contributed by atoms with Gasteiger partial charge in [-0.2, -0.15) is 5.10 Å². The number of nitrogens with one attached hydrogen (secondary N) is 1. The quantitative estimate of drug-likeness (QED) is 0.546. The lowest BCUT2D eigenvalue weighted by Crippen LogP contribution is -2.43. The molecule has 6 nitrogen and oxygen atoms in total. The fourth-order valence-corrected chi connectivity index (χ4v) is 3.77. The Labute approximate surface area is 178 Å². The van der Waals surface area contributed by atoms with E-state index in [9.17, 15) is 9.18 Å². The van der Waals surface area contributed by atoms with Crippen molar-refractivity contribution in [1.82, 2.24) is 19.8 Å². The molecule has 2 aromatic carbocycles. The number of carbonyl (C=O) groups is 1. The fourth-order valence-electron chi connectivity index (χ4n) is 3.77. The molecule has 0 radical (unpaired) electrons. The topological polar surface area (TPSA) is 63.1 Å². The molecule has 0 bridgehead atoms. The van der Waals surface area contributed by atoms with Gasteiger partial charge < -0.3 is 0 Å². The first-order valence-corrected chi connectivity index (χ1v) is 10.1. The van der Waals surface area contributed by atoms with Crippen LogP contribution in [-0.4, -0.2) is 32.2 Å². The van der Waals surface area contributed by atoms with Gasteiger partial charge in [-0.25, -0.2) is 9.07 Å². The van der Waals surface area contributed by atoms with Gasteiger partial charge in [0.15, 0.2) is 5.82 Å². The predicted molar refractivity (Wildman–Crippen MR) is 116 cm³/mol. The van der Waals surface area contributed by atoms with Crippen molar-refractivity contribution in [3.63, 3.8) is 0 Å². The van der Waals surface area contributed by atoms with Crippen LogP contribution in [0.4, 0.5) is 10.2 Å². The summed E-state index contributed by atoms with van der Waals surface area (Å²) in [6.45, 7) is 1.06. The number of carbonyl (C=O) groups excluding carboxylic acids is 1. The maximum atomic E-state index is 13.5. The SMILES string of the molecule is O=C(Cc1ccccc1)N1CCn2nc(-c3ccc(F)cc3)c(-c3ccncc3)c2N1. The zero-order chi connectivity index (χ0) is 21.2. The van der Waals surface area contributed by atoms with Crippen LogP contribution in [0.25, 0.3) is 22.4 Å². The second-order valence-electron chi connectivity index (χ2n) is 7.36. The maximum absolute atomic E-state index is 13.5. The van der Waals surface area contributed by atoms with E-state index in [4.69, 9.17) is 5.10 Å². The number of benzene rings is 2. The van der Waals surface area contributed by atoms with Crippen LogP contribution >= 0.6 is 0 Å². The highest BCUT2D eigenvalue weighted by Gasteiger charge is 2.27. The molecule has 1 aliphatic rings. The van der Waals surface area contributed by atoms with Crippen LogP contribution in [0.15, 0.2) is 79.1 Å². The molecule has 0 saturated heterocycles. The van der Waals surface area contributed by atoms with Gasteiger partial charge in [-0.1, -0.05) is 30.3 Å². The largest absolute Gasteiger partial charge is 0.279 e. The van der Waals surface area contributed by atoms with E-state index in [-0.39, 0.29) is 11.7 Å². The Bertz CT molecular complexity index is 1210. The number of hydrogen-bond acceptors (Lipinski definition) is 4. The van der Waals surface area contributed by atoms with Crippen molar-refractivity contribution in [3.05, 3.63) is 90.5 Å². The van der Waals surface area contributed by atoms with Crippen LogP contribution in [0.1, 0.15) is 5.56 Å². The van der Waals surface area contributed by atoms with Crippen LogP contribution in [0.3, 0.4) is 0 Å². The van der Waals surface area contributed by atoms with E-state index in [1.165, 1.54) is 12.1 Å². The zero-order valence-corrected chi connectivity index (χ0v) is 16.7. The number of amides is 1. The van der Waals surface area contributed by atoms with Crippen molar-refractivity contribution < 1.29 is 9.18 Å². The number of halogens is 1. The highest BCUT2D eigenvalue weighted by Crippen LogP contribution is 2.39. The monoisotopic (exact) mass is 413 g/mol. The van der Waals surface area contributed by atoms with Crippen molar-refractivity contribution in [2.45, 2.75) is 13.0 Å². The highest BCUT2D eigenvalue weighted by molar-refractivity contribution is 5.90. The van der Waals surface area contributed by atoms with E-state index in [0.29, 0.717) is 19.5 Å². The van der Waals surface area contributed by atoms with E-state index in [2.05, 4.69) is 10.4 Å². The molecule has 3 heterocycles. The van der Waals surface area contributed by atoms with E-state index in [1.54, 1.807) is 29.5 Å². The predicted octanol–water partition coefficient (Wildman–Crippen LogP) is 4.16. The summed E-state index contributed by atoms with van der Waals surface area (Å²) in [5, 5.41) is 6.42. The van der Waals surface area contributed by atoms with Crippen molar-refractivity contribution >= 4 is 11.7 Å². The first kappa shape index (κ1) is 19.0. The lowest BCUT2D eigenvalue weighted by atomic mass is 10.0. The third-order valence-corrected chi connectivity index (χ3v) is 5.31. The molecule has 0 spiro atoms. The number of fused-ring (bicyclic) bond motifs is 1. The van der Waals surface area contributed by atoms with Crippen LogP contribution in [0.5, 0.6) is 0 Å². The van der Waals surface area contributed by atoms with Gasteiger partial charge in [0.25, 0.3) is 0 Å². The van der Waals surface area contributed by atoms with E-state index in [1.807, 2.05) is 47.1 Å². The first-order chi connectivity index (χ1) is 15.2. The van der Waals surface area contributed by atoms with Gasteiger partial charge in [0, 0.05) is 18.0 Å². The van der Waals surface area contributed by atoms with Crippen molar-refractivity contribution in [3.8, 4) is 22.4 Å². The standard InChI is InChI=1S/C24H20FN5O/c25-20-8-6-19(7-9-20)23-22(18-10-12-26-13-11-18)24-28-29(14-15-30(24)27-23)21(31)16-17-4-2-1-3-5-17/h1-13,28H,14-16H2. The molecule has 0 unspecified atom stereocenters. The third kappa shape index (κ3) is 3.77. The van der Waals surface area contributed by atoms with Gasteiger partial charge in [0.1, 0.15) is 11.5 Å². The summed E-state index contributed by atoms with van der Waals surface area (Å²) in [5.74, 6) is 0.426. The fraction of sp³-hybridized carbons (Fsp3) is 0.125. The molecule has 5 rings (SSSR count). The first-order valence-electron chi connectivity index (χ1n) is 10.1. The summed E-state index contributed by atoms with van der Waals surface area (Å²) in [6.07, 6.45) is 3.75. The van der Waals surface area contributed by atoms with E-state index < -0.39 is 0 Å². The lowest BCUT2D eigenvalue weighted by molar-refractivity contribution is -0.129. The van der Waals surface area contributed by atoms with Gasteiger partial charge in [-0.15, -0.1) is 0 Å². The van der Waals surface area contributed by atoms with Gasteiger partial charge in [0.05, 0.1) is 25.1 Å². The molecule has 1 N–H and O–H groups in total. The lowest BCUT2D eigenvalue weighted by Gasteiger charge is -2.30. The summed E-state index contributed by atoms with van der Waals surface area (Å²) in [6, 6.07) is 19.8. The summed E-state index contributed by atoms with van der Waals surface area (Å²) < 4.78 is 15.3. The molecule has 7 heteroatoms. The second kappa shape index (κ2) is 8.02. The molecule has 0 saturated carbocycles. The molecule has 31 heavy (non-hydrogen) atoms. The van der Waals surface area contributed by atoms with E-state index in [0.717, 1.165) is 33.8 Å². The van der Waals surface area contributed by atoms with Crippen molar-refractivity contribution in [1.29, 1.82) is 0 Å². The molecule has 4 aromatic rings. The summed E-state index contributed by atoms with van der Waals surface area (Å²) in [7, 11) is 0. The van der Waals surface area contributed by atoms with Gasteiger partial charge in [-0.3, -0.25) is 20.2 Å². The summed E-state index contributed by atoms with van der Waals surface area (Å²) >= 11 is 0. The third-order valence-electron chi connectivity index (χ3n) is 5.31. The number of rotatable bonds is 4. The van der Waals surface area contributed by atoms with Gasteiger partial charge in [0.2, 0.25) is 5.91 Å². The molecular weight excluding hydrogens is 393 g/mol. The normalized spacial score (nSPS) is 12.9. The van der Waals surface area contributed by atoms with Crippen LogP contribution in [0, 0.1) is 5.82 Å². The summed E-state index contributed by atoms with van der Waals surface area (Å²) in [4.78, 5) is 17.0. The zero-order valence-electron chi connectivity index (χ0n) is 16.7. The molecule has 154 valence electrons. The molecular formula is C24H20FN5O. The maximum Gasteiger partial charge on any atom is 0.245 e. The number of aromatic nitrogens is 3. The summed E-state index contributed by atoms with van der Waals surface area (Å²) in [5.41, 5.74) is 7.55. The number of nitrogens with zero attached hydrogens (tertiary/aromatic N) is 4. The number of hydrogen-bond donors (Lipinski definition) is 1. The van der Waals surface area contributed by atoms with Gasteiger partial charge >= 0.3 is 0 Å². The van der Waals surface area contributed by atoms with Crippen LogP contribution in [0.2, 0.25) is 0 Å². The van der Waals surface area contributed by atoms with Crippen LogP contribution in [-0.2, 0) is 17.8 Å². The second-order valence-corrected chi connectivity index (χ2v) is 7.36. The Balaban J connectivity index is 1.52. The molecule has 2 aromatic heterocycles. The minimum absolute atomic E-state index is 0.0114. The minimum Gasteiger partial charge on any atom is -0.279 e. The Morgan fingerprint density at radius 3 is 2.42 bits per heavy atom. The average Bonchev–Trinajstić information content (AvgIpc) is 3.19. The highest BCUT2D eigenvalue weighted by atomic mass is 19.1. The van der Waals surface area contributed by atoms with Crippen molar-refractivity contribution in [2.75, 3.05) is 12.0 Å². The molecule has 0 atom stereocenters. The van der Waals surface area contributed by atoms with Crippen LogP contribution < -0.4 is 5.43 Å². The van der Waals surface area contributed by atoms with Gasteiger partial charge in [-0.05, 0) is 47.5 Å². The molecule has 0 aliphatic carbocycles. The molecule has 0 fully saturated rings. The Morgan fingerprint density at radius 2 is 1.68 bits per heavy atom. The van der Waals surface area contributed by atoms with E-state index >= 15 is 0 Å². The Hall–Kier alpha value is -4.00. The minimum atomic E-state index is -0.297. The average molecular weight is 413 g/mol. The van der Waals surface area contributed by atoms with Crippen molar-refractivity contribution in [2.24, 2.45) is 0 Å². The smallest absolute Gasteiger partial charge is 0.245 e.